The molecular formula is C13H25NO2. The van der Waals surface area contributed by atoms with Crippen LogP contribution in [0.15, 0.2) is 0 Å². The molecule has 3 atom stereocenters. The fourth-order valence-electron chi connectivity index (χ4n) is 2.99. The minimum Gasteiger partial charge on any atom is -0.381 e. The summed E-state index contributed by atoms with van der Waals surface area (Å²) in [4.78, 5) is 0. The Hall–Kier alpha value is -0.120. The Balaban J connectivity index is 1.84. The summed E-state index contributed by atoms with van der Waals surface area (Å²) in [6.45, 7) is 5.15. The molecule has 2 aliphatic heterocycles. The minimum absolute atomic E-state index is 0.424. The molecule has 0 radical (unpaired) electrons. The van der Waals surface area contributed by atoms with Gasteiger partial charge in [0.05, 0.1) is 6.10 Å². The highest BCUT2D eigenvalue weighted by Gasteiger charge is 2.32. The quantitative estimate of drug-likeness (QED) is 0.794. The number of likely N-dealkylation sites (N-methyl/N-ethyl adjacent to an activating group) is 1. The summed E-state index contributed by atoms with van der Waals surface area (Å²) in [5.74, 6) is 1.53. The van der Waals surface area contributed by atoms with Gasteiger partial charge in [0, 0.05) is 25.9 Å². The van der Waals surface area contributed by atoms with Gasteiger partial charge in [-0.3, -0.25) is 0 Å². The van der Waals surface area contributed by atoms with Crippen LogP contribution in [0.2, 0.25) is 0 Å². The van der Waals surface area contributed by atoms with Crippen LogP contribution < -0.4 is 5.32 Å². The maximum absolute atomic E-state index is 5.87. The zero-order valence-corrected chi connectivity index (χ0v) is 10.6. The van der Waals surface area contributed by atoms with E-state index >= 15 is 0 Å². The molecule has 2 heterocycles. The maximum Gasteiger partial charge on any atom is 0.0754 e. The second kappa shape index (κ2) is 5.99. The van der Waals surface area contributed by atoms with Crippen molar-refractivity contribution in [2.45, 2.75) is 44.8 Å². The van der Waals surface area contributed by atoms with Crippen molar-refractivity contribution < 1.29 is 9.47 Å². The molecule has 3 nitrogen and oxygen atoms in total. The highest BCUT2D eigenvalue weighted by Crippen LogP contribution is 2.28. The molecule has 0 aliphatic carbocycles. The number of hydrogen-bond acceptors (Lipinski definition) is 3. The van der Waals surface area contributed by atoms with Gasteiger partial charge in [0.1, 0.15) is 0 Å². The highest BCUT2D eigenvalue weighted by atomic mass is 16.5. The van der Waals surface area contributed by atoms with Crippen molar-refractivity contribution in [1.29, 1.82) is 0 Å². The average Bonchev–Trinajstić information content (AvgIpc) is 2.74. The monoisotopic (exact) mass is 227 g/mol. The lowest BCUT2D eigenvalue weighted by Crippen LogP contribution is -2.42. The van der Waals surface area contributed by atoms with Gasteiger partial charge in [-0.2, -0.15) is 0 Å². The van der Waals surface area contributed by atoms with E-state index in [4.69, 9.17) is 9.47 Å². The van der Waals surface area contributed by atoms with Crippen molar-refractivity contribution in [3.63, 3.8) is 0 Å². The Morgan fingerprint density at radius 3 is 2.50 bits per heavy atom. The van der Waals surface area contributed by atoms with Crippen molar-refractivity contribution >= 4 is 0 Å². The molecule has 3 heteroatoms. The molecule has 1 N–H and O–H groups in total. The topological polar surface area (TPSA) is 30.5 Å². The molecule has 2 rings (SSSR count). The lowest BCUT2D eigenvalue weighted by molar-refractivity contribution is 0.0309. The molecule has 0 aromatic heterocycles. The van der Waals surface area contributed by atoms with Crippen molar-refractivity contribution in [3.05, 3.63) is 0 Å². The third-order valence-electron chi connectivity index (χ3n) is 4.14. The smallest absolute Gasteiger partial charge is 0.0754 e. The first-order chi connectivity index (χ1) is 7.81. The van der Waals surface area contributed by atoms with Gasteiger partial charge >= 0.3 is 0 Å². The van der Waals surface area contributed by atoms with Crippen LogP contribution in [0.3, 0.4) is 0 Å². The van der Waals surface area contributed by atoms with Gasteiger partial charge in [0.2, 0.25) is 0 Å². The standard InChI is InChI=1S/C13H25NO2/c1-10-3-8-16-13(10)12(14-2)9-11-4-6-15-7-5-11/h10-14H,3-9H2,1-2H3. The summed E-state index contributed by atoms with van der Waals surface area (Å²) in [7, 11) is 2.07. The van der Waals surface area contributed by atoms with Gasteiger partial charge in [-0.15, -0.1) is 0 Å². The molecule has 0 aromatic rings. The normalized spacial score (nSPS) is 34.1. The average molecular weight is 227 g/mol. The third-order valence-corrected chi connectivity index (χ3v) is 4.14. The molecule has 0 saturated carbocycles. The molecule has 0 bridgehead atoms. The fourth-order valence-corrected chi connectivity index (χ4v) is 2.99. The molecule has 94 valence electrons. The second-order valence-electron chi connectivity index (χ2n) is 5.29. The highest BCUT2D eigenvalue weighted by molar-refractivity contribution is 4.86. The maximum atomic E-state index is 5.87. The Morgan fingerprint density at radius 2 is 1.94 bits per heavy atom. The van der Waals surface area contributed by atoms with Gasteiger partial charge in [-0.05, 0) is 44.6 Å². The Labute approximate surface area is 98.9 Å². The minimum atomic E-state index is 0.424. The third kappa shape index (κ3) is 2.96. The van der Waals surface area contributed by atoms with Crippen LogP contribution >= 0.6 is 0 Å². The van der Waals surface area contributed by atoms with Crippen LogP contribution in [0.4, 0.5) is 0 Å². The fraction of sp³-hybridized carbons (Fsp3) is 1.00. The molecule has 0 aromatic carbocycles. The van der Waals surface area contributed by atoms with Gasteiger partial charge in [-0.1, -0.05) is 6.92 Å². The van der Waals surface area contributed by atoms with Crippen LogP contribution in [-0.4, -0.2) is 39.0 Å². The molecule has 2 fully saturated rings. The summed E-state index contributed by atoms with van der Waals surface area (Å²) < 4.78 is 11.3. The summed E-state index contributed by atoms with van der Waals surface area (Å²) in [6, 6.07) is 0.528. The zero-order valence-electron chi connectivity index (χ0n) is 10.6. The largest absolute Gasteiger partial charge is 0.381 e. The number of hydrogen-bond donors (Lipinski definition) is 1. The Bertz CT molecular complexity index is 204. The summed E-state index contributed by atoms with van der Waals surface area (Å²) in [5.41, 5.74) is 0. The van der Waals surface area contributed by atoms with E-state index in [-0.39, 0.29) is 0 Å². The number of rotatable bonds is 4. The number of nitrogens with one attached hydrogen (secondary N) is 1. The molecule has 2 aliphatic rings. The van der Waals surface area contributed by atoms with Crippen LogP contribution in [0, 0.1) is 11.8 Å². The van der Waals surface area contributed by atoms with Gasteiger partial charge in [0.15, 0.2) is 0 Å². The SMILES string of the molecule is CNC(CC1CCOCC1)C1OCCC1C. The van der Waals surface area contributed by atoms with E-state index in [1.807, 2.05) is 0 Å². The molecule has 2 saturated heterocycles. The lowest BCUT2D eigenvalue weighted by Gasteiger charge is -2.31. The van der Waals surface area contributed by atoms with E-state index < -0.39 is 0 Å². The molecule has 0 amide bonds. The Kier molecular flexibility index (Phi) is 4.62. The van der Waals surface area contributed by atoms with Gasteiger partial charge in [-0.25, -0.2) is 0 Å². The van der Waals surface area contributed by atoms with Crippen molar-refractivity contribution in [1.82, 2.24) is 5.32 Å². The first-order valence-electron chi connectivity index (χ1n) is 6.68. The Morgan fingerprint density at radius 1 is 1.19 bits per heavy atom. The molecule has 0 spiro atoms. The predicted molar refractivity (Wildman–Crippen MR) is 64.5 cm³/mol. The summed E-state index contributed by atoms with van der Waals surface area (Å²) >= 11 is 0. The van der Waals surface area contributed by atoms with E-state index in [9.17, 15) is 0 Å². The predicted octanol–water partition coefficient (Wildman–Crippen LogP) is 1.82. The summed E-state index contributed by atoms with van der Waals surface area (Å²) in [6.07, 6.45) is 5.33. The second-order valence-corrected chi connectivity index (χ2v) is 5.29. The first kappa shape index (κ1) is 12.3. The van der Waals surface area contributed by atoms with Gasteiger partial charge in [0.25, 0.3) is 0 Å². The van der Waals surface area contributed by atoms with Crippen molar-refractivity contribution in [2.75, 3.05) is 26.9 Å². The van der Waals surface area contributed by atoms with Crippen LogP contribution in [-0.2, 0) is 9.47 Å². The first-order valence-corrected chi connectivity index (χ1v) is 6.68. The van der Waals surface area contributed by atoms with E-state index in [2.05, 4.69) is 19.3 Å². The number of ether oxygens (including phenoxy) is 2. The summed E-state index contributed by atoms with van der Waals surface area (Å²) in [5, 5.41) is 3.46. The lowest BCUT2D eigenvalue weighted by atomic mass is 9.87. The van der Waals surface area contributed by atoms with Crippen molar-refractivity contribution in [3.8, 4) is 0 Å². The van der Waals surface area contributed by atoms with Crippen LogP contribution in [0.25, 0.3) is 0 Å². The molecular weight excluding hydrogens is 202 g/mol. The van der Waals surface area contributed by atoms with E-state index in [0.717, 1.165) is 25.7 Å². The van der Waals surface area contributed by atoms with E-state index in [1.165, 1.54) is 25.7 Å². The van der Waals surface area contributed by atoms with E-state index in [1.54, 1.807) is 0 Å². The van der Waals surface area contributed by atoms with Gasteiger partial charge < -0.3 is 14.8 Å². The van der Waals surface area contributed by atoms with Crippen LogP contribution in [0.1, 0.15) is 32.6 Å². The molecule has 3 unspecified atom stereocenters. The van der Waals surface area contributed by atoms with Crippen molar-refractivity contribution in [2.24, 2.45) is 11.8 Å². The van der Waals surface area contributed by atoms with E-state index in [0.29, 0.717) is 18.1 Å². The molecule has 16 heavy (non-hydrogen) atoms. The van der Waals surface area contributed by atoms with Crippen LogP contribution in [0.5, 0.6) is 0 Å². The zero-order chi connectivity index (χ0) is 11.4.